The van der Waals surface area contributed by atoms with Crippen molar-refractivity contribution in [2.24, 2.45) is 5.73 Å². The van der Waals surface area contributed by atoms with E-state index in [4.69, 9.17) is 5.73 Å². The first-order valence-corrected chi connectivity index (χ1v) is 5.24. The molecule has 1 aliphatic heterocycles. The maximum atomic E-state index is 13.1. The van der Waals surface area contributed by atoms with Gasteiger partial charge in [0, 0.05) is 12.6 Å². The number of fused-ring (bicyclic) bond motifs is 1. The lowest BCUT2D eigenvalue weighted by atomic mass is 9.97. The standard InChI is InChI=1S/C11H10F4N2O/c12-6-1-2-7-8(16)3-4-17(9(7)5-6)10(18)11(13,14)15/h1-2,5,8H,3-4,16H2. The smallest absolute Gasteiger partial charge is 0.324 e. The van der Waals surface area contributed by atoms with Crippen LogP contribution in [0.2, 0.25) is 0 Å². The summed E-state index contributed by atoms with van der Waals surface area (Å²) in [6.07, 6.45) is -4.77. The van der Waals surface area contributed by atoms with Crippen molar-refractivity contribution < 1.29 is 22.4 Å². The highest BCUT2D eigenvalue weighted by Gasteiger charge is 2.44. The van der Waals surface area contributed by atoms with Gasteiger partial charge in [0.15, 0.2) is 0 Å². The Morgan fingerprint density at radius 1 is 1.39 bits per heavy atom. The second-order valence-corrected chi connectivity index (χ2v) is 4.05. The number of hydrogen-bond donors (Lipinski definition) is 1. The molecular formula is C11H10F4N2O. The second kappa shape index (κ2) is 4.24. The van der Waals surface area contributed by atoms with Gasteiger partial charge in [0.05, 0.1) is 5.69 Å². The van der Waals surface area contributed by atoms with Gasteiger partial charge in [0.1, 0.15) is 5.82 Å². The fourth-order valence-electron chi connectivity index (χ4n) is 1.97. The predicted octanol–water partition coefficient (Wildman–Crippen LogP) is 2.12. The predicted molar refractivity (Wildman–Crippen MR) is 56.4 cm³/mol. The molecule has 1 heterocycles. The summed E-state index contributed by atoms with van der Waals surface area (Å²) in [6.45, 7) is -0.171. The van der Waals surface area contributed by atoms with E-state index in [1.54, 1.807) is 0 Å². The molecule has 18 heavy (non-hydrogen) atoms. The molecule has 3 nitrogen and oxygen atoms in total. The van der Waals surface area contributed by atoms with Gasteiger partial charge in [-0.3, -0.25) is 4.79 Å². The van der Waals surface area contributed by atoms with Crippen molar-refractivity contribution in [3.8, 4) is 0 Å². The van der Waals surface area contributed by atoms with Crippen LogP contribution in [0.15, 0.2) is 18.2 Å². The Balaban J connectivity index is 2.46. The Labute approximate surface area is 100 Å². The fraction of sp³-hybridized carbons (Fsp3) is 0.364. The van der Waals surface area contributed by atoms with Crippen LogP contribution in [0, 0.1) is 5.82 Å². The van der Waals surface area contributed by atoms with Gasteiger partial charge >= 0.3 is 12.1 Å². The number of nitrogens with zero attached hydrogens (tertiary/aromatic N) is 1. The summed E-state index contributed by atoms with van der Waals surface area (Å²) in [5.74, 6) is -2.70. The largest absolute Gasteiger partial charge is 0.471 e. The van der Waals surface area contributed by atoms with Crippen molar-refractivity contribution in [2.45, 2.75) is 18.6 Å². The molecule has 1 aliphatic rings. The highest BCUT2D eigenvalue weighted by Crippen LogP contribution is 2.35. The number of benzene rings is 1. The molecule has 1 atom stereocenters. The van der Waals surface area contributed by atoms with Crippen LogP contribution in [-0.4, -0.2) is 18.6 Å². The molecule has 1 unspecified atom stereocenters. The molecule has 2 rings (SSSR count). The van der Waals surface area contributed by atoms with Gasteiger partial charge in [-0.15, -0.1) is 0 Å². The summed E-state index contributed by atoms with van der Waals surface area (Å²) in [4.78, 5) is 11.8. The minimum atomic E-state index is -4.98. The van der Waals surface area contributed by atoms with E-state index < -0.39 is 23.9 Å². The average Bonchev–Trinajstić information content (AvgIpc) is 2.27. The zero-order chi connectivity index (χ0) is 13.5. The third kappa shape index (κ3) is 2.17. The zero-order valence-electron chi connectivity index (χ0n) is 9.17. The summed E-state index contributed by atoms with van der Waals surface area (Å²) >= 11 is 0. The number of rotatable bonds is 0. The number of carbonyl (C=O) groups is 1. The molecule has 0 saturated carbocycles. The van der Waals surface area contributed by atoms with E-state index in [2.05, 4.69) is 0 Å². The molecule has 0 bridgehead atoms. The van der Waals surface area contributed by atoms with Crippen LogP contribution in [0.4, 0.5) is 23.2 Å². The summed E-state index contributed by atoms with van der Waals surface area (Å²) in [5.41, 5.74) is 5.97. The number of anilines is 1. The van der Waals surface area contributed by atoms with Gasteiger partial charge in [-0.1, -0.05) is 6.07 Å². The number of alkyl halides is 3. The SMILES string of the molecule is NC1CCN(C(=O)C(F)(F)F)c2cc(F)ccc21. The number of hydrogen-bond acceptors (Lipinski definition) is 2. The van der Waals surface area contributed by atoms with Gasteiger partial charge < -0.3 is 10.6 Å². The summed E-state index contributed by atoms with van der Waals surface area (Å²) in [5, 5.41) is 0. The molecule has 7 heteroatoms. The van der Waals surface area contributed by atoms with E-state index in [1.807, 2.05) is 0 Å². The minimum absolute atomic E-state index is 0.101. The van der Waals surface area contributed by atoms with Crippen molar-refractivity contribution in [1.29, 1.82) is 0 Å². The van der Waals surface area contributed by atoms with Crippen LogP contribution in [0.25, 0.3) is 0 Å². The van der Waals surface area contributed by atoms with Gasteiger partial charge in [0.2, 0.25) is 0 Å². The topological polar surface area (TPSA) is 46.3 Å². The van der Waals surface area contributed by atoms with Crippen LogP contribution in [0.3, 0.4) is 0 Å². The highest BCUT2D eigenvalue weighted by molar-refractivity contribution is 5.98. The van der Waals surface area contributed by atoms with Gasteiger partial charge in [0.25, 0.3) is 0 Å². The molecule has 0 radical (unpaired) electrons. The number of nitrogens with two attached hydrogens (primary N) is 1. The molecule has 0 spiro atoms. The second-order valence-electron chi connectivity index (χ2n) is 4.05. The Morgan fingerprint density at radius 3 is 2.67 bits per heavy atom. The Bertz CT molecular complexity index is 486. The zero-order valence-corrected chi connectivity index (χ0v) is 9.17. The fourth-order valence-corrected chi connectivity index (χ4v) is 1.97. The van der Waals surface area contributed by atoms with Crippen LogP contribution < -0.4 is 10.6 Å². The summed E-state index contributed by atoms with van der Waals surface area (Å²) < 4.78 is 50.3. The summed E-state index contributed by atoms with van der Waals surface area (Å²) in [6, 6.07) is 2.83. The van der Waals surface area contributed by atoms with Crippen LogP contribution in [0.1, 0.15) is 18.0 Å². The number of halogens is 4. The van der Waals surface area contributed by atoms with E-state index in [0.717, 1.165) is 12.1 Å². The maximum absolute atomic E-state index is 13.1. The number of carbonyl (C=O) groups excluding carboxylic acids is 1. The molecule has 0 aromatic heterocycles. The Morgan fingerprint density at radius 2 is 2.06 bits per heavy atom. The molecule has 2 N–H and O–H groups in total. The molecule has 0 aliphatic carbocycles. The van der Waals surface area contributed by atoms with Gasteiger partial charge in [-0.2, -0.15) is 13.2 Å². The molecule has 1 aromatic carbocycles. The van der Waals surface area contributed by atoms with Crippen molar-refractivity contribution in [2.75, 3.05) is 11.4 Å². The normalized spacial score (nSPS) is 19.6. The first-order valence-electron chi connectivity index (χ1n) is 5.24. The van der Waals surface area contributed by atoms with E-state index in [1.165, 1.54) is 6.07 Å². The first-order chi connectivity index (χ1) is 8.30. The van der Waals surface area contributed by atoms with E-state index >= 15 is 0 Å². The molecule has 98 valence electrons. The van der Waals surface area contributed by atoms with Crippen molar-refractivity contribution in [3.63, 3.8) is 0 Å². The van der Waals surface area contributed by atoms with Crippen molar-refractivity contribution >= 4 is 11.6 Å². The summed E-state index contributed by atoms with van der Waals surface area (Å²) in [7, 11) is 0. The highest BCUT2D eigenvalue weighted by atomic mass is 19.4. The molecule has 1 aromatic rings. The molecule has 0 saturated heterocycles. The Hall–Kier alpha value is -1.63. The molecule has 0 fully saturated rings. The van der Waals surface area contributed by atoms with Crippen molar-refractivity contribution in [3.05, 3.63) is 29.6 Å². The molecular weight excluding hydrogens is 252 g/mol. The van der Waals surface area contributed by atoms with E-state index in [-0.39, 0.29) is 18.7 Å². The lowest BCUT2D eigenvalue weighted by Crippen LogP contribution is -2.45. The molecule has 1 amide bonds. The van der Waals surface area contributed by atoms with E-state index in [9.17, 15) is 22.4 Å². The third-order valence-corrected chi connectivity index (χ3v) is 2.83. The van der Waals surface area contributed by atoms with Crippen LogP contribution in [0.5, 0.6) is 0 Å². The Kier molecular flexibility index (Phi) is 3.02. The van der Waals surface area contributed by atoms with Crippen LogP contribution >= 0.6 is 0 Å². The lowest BCUT2D eigenvalue weighted by Gasteiger charge is -2.33. The minimum Gasteiger partial charge on any atom is -0.324 e. The van der Waals surface area contributed by atoms with Gasteiger partial charge in [-0.25, -0.2) is 4.39 Å². The van der Waals surface area contributed by atoms with Gasteiger partial charge in [-0.05, 0) is 24.1 Å². The quantitative estimate of drug-likeness (QED) is 0.728. The average molecular weight is 262 g/mol. The van der Waals surface area contributed by atoms with Crippen molar-refractivity contribution in [1.82, 2.24) is 0 Å². The first kappa shape index (κ1) is 12.8. The monoisotopic (exact) mass is 262 g/mol. The maximum Gasteiger partial charge on any atom is 0.471 e. The number of amides is 1. The lowest BCUT2D eigenvalue weighted by molar-refractivity contribution is -0.170. The van der Waals surface area contributed by atoms with Crippen LogP contribution in [-0.2, 0) is 4.79 Å². The van der Waals surface area contributed by atoms with E-state index in [0.29, 0.717) is 10.5 Å². The third-order valence-electron chi connectivity index (χ3n) is 2.83.